The monoisotopic (exact) mass is 300 g/mol. The zero-order valence-corrected chi connectivity index (χ0v) is 13.2. The van der Waals surface area contributed by atoms with E-state index in [2.05, 4.69) is 64.4 Å². The van der Waals surface area contributed by atoms with Crippen molar-refractivity contribution in [3.63, 3.8) is 0 Å². The molecule has 1 aromatic carbocycles. The lowest BCUT2D eigenvalue weighted by atomic mass is 10.2. The lowest BCUT2D eigenvalue weighted by Crippen LogP contribution is -2.21. The highest BCUT2D eigenvalue weighted by Gasteiger charge is 2.16. The molecule has 0 bridgehead atoms. The molecule has 3 rings (SSSR count). The minimum Gasteiger partial charge on any atom is -0.354 e. The molecular weight excluding hydrogens is 280 g/mol. The lowest BCUT2D eigenvalue weighted by Gasteiger charge is -2.18. The fourth-order valence-electron chi connectivity index (χ4n) is 2.47. The Hall–Kier alpha value is -1.85. The van der Waals surface area contributed by atoms with Gasteiger partial charge in [0.15, 0.2) is 10.8 Å². The second-order valence-electron chi connectivity index (χ2n) is 5.06. The largest absolute Gasteiger partial charge is 0.354 e. The zero-order chi connectivity index (χ0) is 14.7. The molecule has 0 saturated heterocycles. The summed E-state index contributed by atoms with van der Waals surface area (Å²) < 4.78 is 2.18. The summed E-state index contributed by atoms with van der Waals surface area (Å²) in [5, 5.41) is 5.49. The number of aromatic nitrogens is 2. The number of thiazole rings is 1. The van der Waals surface area contributed by atoms with Crippen LogP contribution in [-0.4, -0.2) is 23.0 Å². The maximum absolute atomic E-state index is 4.79. The number of fused-ring (bicyclic) bond motifs is 1. The molecule has 1 N–H and O–H groups in total. The first kappa shape index (κ1) is 14.1. The van der Waals surface area contributed by atoms with E-state index in [0.717, 1.165) is 30.4 Å². The van der Waals surface area contributed by atoms with Crippen molar-refractivity contribution in [1.29, 1.82) is 0 Å². The van der Waals surface area contributed by atoms with Crippen molar-refractivity contribution in [3.05, 3.63) is 53.2 Å². The van der Waals surface area contributed by atoms with Gasteiger partial charge in [0, 0.05) is 31.7 Å². The van der Waals surface area contributed by atoms with E-state index in [1.165, 1.54) is 11.3 Å². The smallest absolute Gasteiger partial charge is 0.195 e. The van der Waals surface area contributed by atoms with E-state index in [-0.39, 0.29) is 0 Å². The van der Waals surface area contributed by atoms with Gasteiger partial charge in [-0.1, -0.05) is 37.3 Å². The van der Waals surface area contributed by atoms with E-state index in [9.17, 15) is 0 Å². The Kier molecular flexibility index (Phi) is 4.22. The highest BCUT2D eigenvalue weighted by atomic mass is 32.1. The number of benzene rings is 1. The van der Waals surface area contributed by atoms with Gasteiger partial charge in [-0.25, -0.2) is 4.98 Å². The minimum atomic E-state index is 0.836. The van der Waals surface area contributed by atoms with Crippen molar-refractivity contribution in [2.75, 3.05) is 18.5 Å². The SMILES string of the molecule is CCNCc1c(N(C)Cc2ccccc2)nc2sccn12. The number of rotatable bonds is 6. The average Bonchev–Trinajstić information content (AvgIpc) is 3.07. The highest BCUT2D eigenvalue weighted by Crippen LogP contribution is 2.25. The fraction of sp³-hybridized carbons (Fsp3) is 0.312. The third kappa shape index (κ3) is 2.94. The standard InChI is InChI=1S/C16H20N4S/c1-3-17-11-14-15(18-16-20(14)9-10-21-16)19(2)12-13-7-5-4-6-8-13/h4-10,17H,3,11-12H2,1-2H3. The Balaban J connectivity index is 1.89. The summed E-state index contributed by atoms with van der Waals surface area (Å²) in [6, 6.07) is 10.5. The van der Waals surface area contributed by atoms with Gasteiger partial charge in [-0.3, -0.25) is 4.40 Å². The molecule has 3 aromatic rings. The van der Waals surface area contributed by atoms with E-state index in [4.69, 9.17) is 4.98 Å². The van der Waals surface area contributed by atoms with Crippen LogP contribution in [0, 0.1) is 0 Å². The van der Waals surface area contributed by atoms with Gasteiger partial charge in [0.2, 0.25) is 0 Å². The fourth-order valence-corrected chi connectivity index (χ4v) is 3.19. The molecule has 0 saturated carbocycles. The summed E-state index contributed by atoms with van der Waals surface area (Å²) in [6.07, 6.45) is 2.10. The van der Waals surface area contributed by atoms with Crippen LogP contribution in [-0.2, 0) is 13.1 Å². The van der Waals surface area contributed by atoms with E-state index in [1.54, 1.807) is 11.3 Å². The van der Waals surface area contributed by atoms with E-state index in [1.807, 2.05) is 6.07 Å². The summed E-state index contributed by atoms with van der Waals surface area (Å²) in [6.45, 7) is 4.78. The molecule has 0 spiro atoms. The Morgan fingerprint density at radius 2 is 2.10 bits per heavy atom. The van der Waals surface area contributed by atoms with Gasteiger partial charge in [0.1, 0.15) is 0 Å². The Morgan fingerprint density at radius 3 is 2.86 bits per heavy atom. The van der Waals surface area contributed by atoms with Crippen LogP contribution in [0.25, 0.3) is 4.96 Å². The molecular formula is C16H20N4S. The van der Waals surface area contributed by atoms with Crippen LogP contribution < -0.4 is 10.2 Å². The molecule has 0 amide bonds. The van der Waals surface area contributed by atoms with Gasteiger partial charge in [0.25, 0.3) is 0 Å². The maximum atomic E-state index is 4.79. The van der Waals surface area contributed by atoms with E-state index in [0.29, 0.717) is 0 Å². The number of imidazole rings is 1. The first-order valence-electron chi connectivity index (χ1n) is 7.19. The van der Waals surface area contributed by atoms with Crippen molar-refractivity contribution in [2.24, 2.45) is 0 Å². The normalized spacial score (nSPS) is 11.1. The van der Waals surface area contributed by atoms with Crippen molar-refractivity contribution >= 4 is 22.1 Å². The number of nitrogens with one attached hydrogen (secondary N) is 1. The summed E-state index contributed by atoms with van der Waals surface area (Å²) in [4.78, 5) is 8.07. The molecule has 0 fully saturated rings. The Bertz CT molecular complexity index is 701. The second kappa shape index (κ2) is 6.28. The van der Waals surface area contributed by atoms with E-state index >= 15 is 0 Å². The second-order valence-corrected chi connectivity index (χ2v) is 5.93. The first-order valence-corrected chi connectivity index (χ1v) is 8.07. The molecule has 110 valence electrons. The van der Waals surface area contributed by atoms with Crippen LogP contribution in [0.5, 0.6) is 0 Å². The molecule has 0 aliphatic carbocycles. The predicted octanol–water partition coefficient (Wildman–Crippen LogP) is 3.14. The molecule has 0 unspecified atom stereocenters. The molecule has 0 aliphatic rings. The van der Waals surface area contributed by atoms with Crippen LogP contribution in [0.4, 0.5) is 5.82 Å². The van der Waals surface area contributed by atoms with E-state index < -0.39 is 0 Å². The average molecular weight is 300 g/mol. The quantitative estimate of drug-likeness (QED) is 0.759. The van der Waals surface area contributed by atoms with Gasteiger partial charge in [-0.15, -0.1) is 11.3 Å². The summed E-state index contributed by atoms with van der Waals surface area (Å²) in [7, 11) is 2.11. The number of anilines is 1. The van der Waals surface area contributed by atoms with Crippen LogP contribution in [0.1, 0.15) is 18.2 Å². The van der Waals surface area contributed by atoms with Crippen molar-refractivity contribution in [3.8, 4) is 0 Å². The first-order chi connectivity index (χ1) is 10.3. The van der Waals surface area contributed by atoms with Gasteiger partial charge >= 0.3 is 0 Å². The molecule has 21 heavy (non-hydrogen) atoms. The molecule has 2 heterocycles. The predicted molar refractivity (Wildman–Crippen MR) is 89.0 cm³/mol. The number of nitrogens with zero attached hydrogens (tertiary/aromatic N) is 3. The van der Waals surface area contributed by atoms with Gasteiger partial charge in [-0.2, -0.15) is 0 Å². The molecule has 5 heteroatoms. The van der Waals surface area contributed by atoms with Gasteiger partial charge in [-0.05, 0) is 12.1 Å². The number of hydrogen-bond donors (Lipinski definition) is 1. The molecule has 2 aromatic heterocycles. The maximum Gasteiger partial charge on any atom is 0.195 e. The van der Waals surface area contributed by atoms with Crippen molar-refractivity contribution in [1.82, 2.24) is 14.7 Å². The van der Waals surface area contributed by atoms with Crippen LogP contribution >= 0.6 is 11.3 Å². The lowest BCUT2D eigenvalue weighted by molar-refractivity contribution is 0.702. The summed E-state index contributed by atoms with van der Waals surface area (Å²) in [5.41, 5.74) is 2.53. The van der Waals surface area contributed by atoms with Crippen LogP contribution in [0.2, 0.25) is 0 Å². The molecule has 0 aliphatic heterocycles. The third-order valence-corrected chi connectivity index (χ3v) is 4.26. The summed E-state index contributed by atoms with van der Waals surface area (Å²) >= 11 is 1.68. The molecule has 4 nitrogen and oxygen atoms in total. The van der Waals surface area contributed by atoms with Crippen LogP contribution in [0.15, 0.2) is 41.9 Å². The Morgan fingerprint density at radius 1 is 1.29 bits per heavy atom. The highest BCUT2D eigenvalue weighted by molar-refractivity contribution is 7.15. The molecule has 0 radical (unpaired) electrons. The van der Waals surface area contributed by atoms with Gasteiger partial charge < -0.3 is 10.2 Å². The van der Waals surface area contributed by atoms with Crippen molar-refractivity contribution in [2.45, 2.75) is 20.0 Å². The Labute approximate surface area is 129 Å². The topological polar surface area (TPSA) is 32.6 Å². The minimum absolute atomic E-state index is 0.836. The zero-order valence-electron chi connectivity index (χ0n) is 12.4. The number of hydrogen-bond acceptors (Lipinski definition) is 4. The van der Waals surface area contributed by atoms with Crippen LogP contribution in [0.3, 0.4) is 0 Å². The van der Waals surface area contributed by atoms with Gasteiger partial charge in [0.05, 0.1) is 5.69 Å². The van der Waals surface area contributed by atoms with Crippen molar-refractivity contribution < 1.29 is 0 Å². The molecule has 0 atom stereocenters. The summed E-state index contributed by atoms with van der Waals surface area (Å²) in [5.74, 6) is 1.06. The third-order valence-electron chi connectivity index (χ3n) is 3.51.